The van der Waals surface area contributed by atoms with E-state index in [1.54, 1.807) is 0 Å². The molecule has 4 aromatic rings. The molecular formula is C29H25ClO2. The van der Waals surface area contributed by atoms with Gasteiger partial charge in [0.1, 0.15) is 0 Å². The average Bonchev–Trinajstić information content (AvgIpc) is 2.88. The molecule has 0 saturated heterocycles. The number of ether oxygens (including phenoxy) is 1. The molecule has 3 heteroatoms. The van der Waals surface area contributed by atoms with Crippen LogP contribution in [0, 0.1) is 0 Å². The molecule has 0 radical (unpaired) electrons. The molecule has 0 bridgehead atoms. The van der Waals surface area contributed by atoms with Crippen molar-refractivity contribution < 1.29 is 9.53 Å². The van der Waals surface area contributed by atoms with Crippen LogP contribution in [0.25, 0.3) is 11.1 Å². The Morgan fingerprint density at radius 2 is 1.16 bits per heavy atom. The van der Waals surface area contributed by atoms with Crippen molar-refractivity contribution in [3.05, 3.63) is 132 Å². The summed E-state index contributed by atoms with van der Waals surface area (Å²) < 4.78 is 5.61. The molecule has 0 aliphatic carbocycles. The van der Waals surface area contributed by atoms with E-state index in [4.69, 9.17) is 16.3 Å². The van der Waals surface area contributed by atoms with Gasteiger partial charge in [0.2, 0.25) is 0 Å². The Labute approximate surface area is 194 Å². The Hall–Kier alpha value is -3.36. The van der Waals surface area contributed by atoms with E-state index >= 15 is 0 Å². The molecule has 0 N–H and O–H groups in total. The van der Waals surface area contributed by atoms with Gasteiger partial charge in [-0.15, -0.1) is 11.6 Å². The zero-order chi connectivity index (χ0) is 22.2. The van der Waals surface area contributed by atoms with E-state index in [-0.39, 0.29) is 17.3 Å². The minimum Gasteiger partial charge on any atom is -0.462 e. The van der Waals surface area contributed by atoms with Gasteiger partial charge in [0, 0.05) is 5.92 Å². The van der Waals surface area contributed by atoms with Crippen molar-refractivity contribution in [2.45, 2.75) is 17.7 Å². The Morgan fingerprint density at radius 3 is 1.75 bits per heavy atom. The van der Waals surface area contributed by atoms with Gasteiger partial charge in [-0.25, -0.2) is 4.79 Å². The lowest BCUT2D eigenvalue weighted by molar-refractivity contribution is 0.0492. The van der Waals surface area contributed by atoms with Crippen LogP contribution in [-0.2, 0) is 4.74 Å². The Bertz CT molecular complexity index is 1110. The molecule has 4 aromatic carbocycles. The first-order valence-electron chi connectivity index (χ1n) is 10.8. The van der Waals surface area contributed by atoms with Crippen molar-refractivity contribution in [3.8, 4) is 11.1 Å². The Balaban J connectivity index is 1.41. The van der Waals surface area contributed by atoms with Gasteiger partial charge in [-0.3, -0.25) is 0 Å². The van der Waals surface area contributed by atoms with Crippen LogP contribution in [0.3, 0.4) is 0 Å². The van der Waals surface area contributed by atoms with Crippen LogP contribution in [0.5, 0.6) is 0 Å². The van der Waals surface area contributed by atoms with Crippen LogP contribution in [0.1, 0.15) is 39.2 Å². The second-order valence-corrected chi connectivity index (χ2v) is 8.17. The quantitative estimate of drug-likeness (QED) is 0.207. The molecule has 160 valence electrons. The predicted octanol–water partition coefficient (Wildman–Crippen LogP) is 7.66. The molecule has 0 heterocycles. The van der Waals surface area contributed by atoms with Gasteiger partial charge in [0.15, 0.2) is 0 Å². The average molecular weight is 441 g/mol. The first kappa shape index (κ1) is 21.9. The third-order valence-corrected chi connectivity index (χ3v) is 6.14. The van der Waals surface area contributed by atoms with E-state index in [1.165, 1.54) is 0 Å². The summed E-state index contributed by atoms with van der Waals surface area (Å²) in [6.45, 7) is 0.300. The van der Waals surface area contributed by atoms with Crippen molar-refractivity contribution in [3.63, 3.8) is 0 Å². The van der Waals surface area contributed by atoms with E-state index < -0.39 is 0 Å². The number of carbonyl (C=O) groups excluding carboxylic acids is 1. The van der Waals surface area contributed by atoms with Gasteiger partial charge >= 0.3 is 5.97 Å². The number of rotatable bonds is 8. The molecule has 4 rings (SSSR count). The highest BCUT2D eigenvalue weighted by atomic mass is 35.5. The standard InChI is InChI=1S/C29H25ClO2/c30-28(25-14-8-3-9-15-25)27(24-12-6-2-7-13-24)20-21-32-29(31)26-18-16-23(17-19-26)22-10-4-1-5-11-22/h1-19,27-28H,20-21H2/t27-,28-/m0/s1. The van der Waals surface area contributed by atoms with E-state index in [0.29, 0.717) is 18.6 Å². The minimum atomic E-state index is -0.317. The van der Waals surface area contributed by atoms with Gasteiger partial charge in [-0.1, -0.05) is 103 Å². The number of halogens is 1. The van der Waals surface area contributed by atoms with Gasteiger partial charge in [0.25, 0.3) is 0 Å². The lowest BCUT2D eigenvalue weighted by Gasteiger charge is -2.23. The smallest absolute Gasteiger partial charge is 0.338 e. The normalized spacial score (nSPS) is 12.7. The van der Waals surface area contributed by atoms with Crippen LogP contribution >= 0.6 is 11.6 Å². The van der Waals surface area contributed by atoms with Gasteiger partial charge in [0.05, 0.1) is 17.5 Å². The summed E-state index contributed by atoms with van der Waals surface area (Å²) in [7, 11) is 0. The highest BCUT2D eigenvalue weighted by Gasteiger charge is 2.23. The van der Waals surface area contributed by atoms with Gasteiger partial charge < -0.3 is 4.74 Å². The zero-order valence-electron chi connectivity index (χ0n) is 17.7. The van der Waals surface area contributed by atoms with Gasteiger partial charge in [-0.05, 0) is 40.8 Å². The topological polar surface area (TPSA) is 26.3 Å². The van der Waals surface area contributed by atoms with E-state index in [0.717, 1.165) is 22.3 Å². The summed E-state index contributed by atoms with van der Waals surface area (Å²) >= 11 is 6.87. The fourth-order valence-corrected chi connectivity index (χ4v) is 4.26. The number of carbonyl (C=O) groups is 1. The molecule has 0 spiro atoms. The molecular weight excluding hydrogens is 416 g/mol. The molecule has 0 unspecified atom stereocenters. The molecule has 2 atom stereocenters. The maximum Gasteiger partial charge on any atom is 0.338 e. The second-order valence-electron chi connectivity index (χ2n) is 7.70. The first-order valence-corrected chi connectivity index (χ1v) is 11.2. The number of hydrogen-bond acceptors (Lipinski definition) is 2. The SMILES string of the molecule is O=C(OCC[C@@H](c1ccccc1)[C@@H](Cl)c1ccccc1)c1ccc(-c2ccccc2)cc1. The highest BCUT2D eigenvalue weighted by molar-refractivity contribution is 6.21. The van der Waals surface area contributed by atoms with Crippen LogP contribution in [-0.4, -0.2) is 12.6 Å². The van der Waals surface area contributed by atoms with Crippen LogP contribution < -0.4 is 0 Å². The number of hydrogen-bond donors (Lipinski definition) is 0. The molecule has 0 amide bonds. The van der Waals surface area contributed by atoms with Gasteiger partial charge in [-0.2, -0.15) is 0 Å². The lowest BCUT2D eigenvalue weighted by atomic mass is 9.89. The summed E-state index contributed by atoms with van der Waals surface area (Å²) in [6, 6.07) is 37.8. The summed E-state index contributed by atoms with van der Waals surface area (Å²) in [4.78, 5) is 12.6. The molecule has 0 saturated carbocycles. The number of alkyl halides is 1. The first-order chi connectivity index (χ1) is 15.7. The molecule has 0 fully saturated rings. The molecule has 0 aliphatic heterocycles. The lowest BCUT2D eigenvalue weighted by Crippen LogP contribution is -2.13. The third kappa shape index (κ3) is 5.46. The fraction of sp³-hybridized carbons (Fsp3) is 0.138. The van der Waals surface area contributed by atoms with Crippen LogP contribution in [0.2, 0.25) is 0 Å². The van der Waals surface area contributed by atoms with Crippen molar-refractivity contribution >= 4 is 17.6 Å². The summed E-state index contributed by atoms with van der Waals surface area (Å²) in [5.74, 6) is -0.282. The maximum atomic E-state index is 12.6. The summed E-state index contributed by atoms with van der Waals surface area (Å²) in [5.41, 5.74) is 4.93. The third-order valence-electron chi connectivity index (χ3n) is 5.59. The minimum absolute atomic E-state index is 0.0357. The second kappa shape index (κ2) is 10.8. The van der Waals surface area contributed by atoms with Crippen molar-refractivity contribution in [2.75, 3.05) is 6.61 Å². The van der Waals surface area contributed by atoms with Crippen LogP contribution in [0.4, 0.5) is 0 Å². The number of esters is 1. The van der Waals surface area contributed by atoms with E-state index in [2.05, 4.69) is 12.1 Å². The number of benzene rings is 4. The fourth-order valence-electron chi connectivity index (χ4n) is 3.84. The largest absolute Gasteiger partial charge is 0.462 e. The monoisotopic (exact) mass is 440 g/mol. The molecule has 32 heavy (non-hydrogen) atoms. The van der Waals surface area contributed by atoms with E-state index in [9.17, 15) is 4.79 Å². The highest BCUT2D eigenvalue weighted by Crippen LogP contribution is 2.38. The zero-order valence-corrected chi connectivity index (χ0v) is 18.5. The molecule has 0 aromatic heterocycles. The summed E-state index contributed by atoms with van der Waals surface area (Å²) in [6.07, 6.45) is 0.640. The van der Waals surface area contributed by atoms with Crippen molar-refractivity contribution in [2.24, 2.45) is 0 Å². The van der Waals surface area contributed by atoms with Crippen LogP contribution in [0.15, 0.2) is 115 Å². The Morgan fingerprint density at radius 1 is 0.656 bits per heavy atom. The van der Waals surface area contributed by atoms with Crippen molar-refractivity contribution in [1.82, 2.24) is 0 Å². The van der Waals surface area contributed by atoms with Crippen molar-refractivity contribution in [1.29, 1.82) is 0 Å². The summed E-state index contributed by atoms with van der Waals surface area (Å²) in [5, 5.41) is -0.206. The molecule has 2 nitrogen and oxygen atoms in total. The maximum absolute atomic E-state index is 12.6. The van der Waals surface area contributed by atoms with E-state index in [1.807, 2.05) is 103 Å². The molecule has 0 aliphatic rings. The predicted molar refractivity (Wildman–Crippen MR) is 131 cm³/mol. The Kier molecular flexibility index (Phi) is 7.37.